The highest BCUT2D eigenvalue weighted by Crippen LogP contribution is 2.36. The predicted molar refractivity (Wildman–Crippen MR) is 206 cm³/mol. The van der Waals surface area contributed by atoms with Gasteiger partial charge in [-0.15, -0.1) is 9.24 Å². The fourth-order valence-electron chi connectivity index (χ4n) is 6.41. The number of benzene rings is 1. The molecule has 0 radical (unpaired) electrons. The van der Waals surface area contributed by atoms with Crippen molar-refractivity contribution in [3.63, 3.8) is 0 Å². The number of likely N-dealkylation sites (N-methyl/N-ethyl adjacent to an activating group) is 1. The van der Waals surface area contributed by atoms with Crippen molar-refractivity contribution in [2.75, 3.05) is 13.6 Å². The molecule has 7 nitrogen and oxygen atoms in total. The topological polar surface area (TPSA) is 101 Å². The second kappa shape index (κ2) is 22.1. The highest BCUT2D eigenvalue weighted by molar-refractivity contribution is 7.22. The molecule has 0 saturated heterocycles. The van der Waals surface area contributed by atoms with E-state index in [1.807, 2.05) is 57.4 Å². The molecule has 9 heteroatoms. The summed E-state index contributed by atoms with van der Waals surface area (Å²) in [6.45, 7) is 12.6. The first-order valence-electron chi connectivity index (χ1n) is 17.5. The number of hydrogen-bond donors (Lipinski definition) is 2. The Morgan fingerprint density at radius 2 is 1.80 bits per heavy atom. The molecule has 3 N–H and O–H groups in total. The van der Waals surface area contributed by atoms with Crippen molar-refractivity contribution in [2.45, 2.75) is 103 Å². The number of fused-ring (bicyclic) bond motifs is 2. The van der Waals surface area contributed by atoms with Gasteiger partial charge in [0.15, 0.2) is 0 Å². The normalized spacial score (nSPS) is 16.5. The Bertz CT molecular complexity index is 1530. The van der Waals surface area contributed by atoms with Gasteiger partial charge in [0.1, 0.15) is 5.83 Å². The van der Waals surface area contributed by atoms with Crippen molar-refractivity contribution in [3.05, 3.63) is 107 Å². The van der Waals surface area contributed by atoms with Gasteiger partial charge in [-0.1, -0.05) is 76.6 Å². The van der Waals surface area contributed by atoms with E-state index >= 15 is 0 Å². The van der Waals surface area contributed by atoms with E-state index in [-0.39, 0.29) is 12.3 Å². The summed E-state index contributed by atoms with van der Waals surface area (Å²) in [5.41, 5.74) is 10.0. The average Bonchev–Trinajstić information content (AvgIpc) is 3.35. The molecule has 49 heavy (non-hydrogen) atoms. The maximum atomic E-state index is 13.7. The molecular weight excluding hydrogens is 632 g/mol. The van der Waals surface area contributed by atoms with Gasteiger partial charge < -0.3 is 16.0 Å². The predicted octanol–water partition coefficient (Wildman–Crippen LogP) is 8.50. The molecule has 1 aromatic carbocycles. The van der Waals surface area contributed by atoms with E-state index in [4.69, 9.17) is 9.78 Å². The van der Waals surface area contributed by atoms with Gasteiger partial charge in [-0.2, -0.15) is 0 Å². The van der Waals surface area contributed by atoms with Crippen LogP contribution in [0, 0.1) is 0 Å². The number of halogens is 1. The number of hydrogen-bond acceptors (Lipinski definition) is 5. The van der Waals surface area contributed by atoms with E-state index < -0.39 is 11.4 Å². The van der Waals surface area contributed by atoms with Crippen molar-refractivity contribution in [1.82, 2.24) is 20.2 Å². The van der Waals surface area contributed by atoms with Gasteiger partial charge in [0, 0.05) is 37.6 Å². The van der Waals surface area contributed by atoms with Gasteiger partial charge in [-0.3, -0.25) is 19.6 Å². The number of rotatable bonds is 9. The van der Waals surface area contributed by atoms with E-state index in [1.54, 1.807) is 12.2 Å². The standard InChI is InChI=1S/C30H38N4O.C7H10FP.C2H6.CH3NO/c1-3-12-33-30(10-6-4-5-7-11-30)29(35)34(2)21-22-14-27-17-25-15-24(23-9-8-13-31-20-23)16-26(25)18-28(27)32-19-22;1-6(8)4-3-5-7(2)9;1-2;2-1-3/h8-9,13-14,17-20,24,33H,3-7,10-12,15-16,21H2,1-2H3;3-5H,1,9H2,2H3;1-2H3;1H,(H2,2,3)/b;4-3-,7-5+;;. The molecule has 2 heterocycles. The minimum absolute atomic E-state index is 0.237. The van der Waals surface area contributed by atoms with Crippen molar-refractivity contribution in [1.29, 1.82) is 0 Å². The molecule has 0 bridgehead atoms. The molecule has 2 aliphatic rings. The molecule has 1 fully saturated rings. The van der Waals surface area contributed by atoms with Gasteiger partial charge in [0.05, 0.1) is 11.1 Å². The SMILES string of the molecule is C=C(F)/C=C\C=C(/C)P.CC.CCCNC1(C(=O)N(C)Cc2cnc3cc4c(cc3c2)CC(c2cccnc2)C4)CCCCCC1.NC=O. The molecule has 2 unspecified atom stereocenters. The number of primary amides is 1. The summed E-state index contributed by atoms with van der Waals surface area (Å²) >= 11 is 0. The van der Waals surface area contributed by atoms with Gasteiger partial charge >= 0.3 is 0 Å². The van der Waals surface area contributed by atoms with Crippen LogP contribution in [0.3, 0.4) is 0 Å². The number of nitrogens with two attached hydrogens (primary N) is 1. The molecular formula is C40H57FN5O2P. The molecule has 2 aliphatic carbocycles. The summed E-state index contributed by atoms with van der Waals surface area (Å²) in [7, 11) is 4.45. The molecule has 0 aliphatic heterocycles. The number of allylic oxidation sites excluding steroid dienone is 5. The fourth-order valence-corrected chi connectivity index (χ4v) is 6.52. The third-order valence-electron chi connectivity index (χ3n) is 8.63. The number of pyridine rings is 2. The Balaban J connectivity index is 0.000000508. The lowest BCUT2D eigenvalue weighted by atomic mass is 9.88. The van der Waals surface area contributed by atoms with Gasteiger partial charge in [0.25, 0.3) is 0 Å². The molecule has 0 spiro atoms. The first kappa shape index (κ1) is 41.4. The minimum atomic E-state index is -0.419. The lowest BCUT2D eigenvalue weighted by Crippen LogP contribution is -2.57. The zero-order valence-electron chi connectivity index (χ0n) is 30.2. The van der Waals surface area contributed by atoms with Crippen LogP contribution in [-0.4, -0.2) is 46.3 Å². The van der Waals surface area contributed by atoms with Crippen LogP contribution in [0.5, 0.6) is 0 Å². The third kappa shape index (κ3) is 13.2. The van der Waals surface area contributed by atoms with Crippen molar-refractivity contribution in [2.24, 2.45) is 5.73 Å². The first-order valence-corrected chi connectivity index (χ1v) is 18.1. The van der Waals surface area contributed by atoms with Gasteiger partial charge in [-0.05, 0) is 104 Å². The van der Waals surface area contributed by atoms with E-state index in [0.717, 1.165) is 67.9 Å². The number of nitrogens with one attached hydrogen (secondary N) is 1. The molecule has 5 rings (SSSR count). The second-order valence-electron chi connectivity index (χ2n) is 12.5. The average molecular weight is 690 g/mol. The van der Waals surface area contributed by atoms with E-state index in [1.165, 1.54) is 41.0 Å². The van der Waals surface area contributed by atoms with E-state index in [0.29, 0.717) is 12.5 Å². The Labute approximate surface area is 296 Å². The fraction of sp³-hybridized carbons (Fsp3) is 0.450. The van der Waals surface area contributed by atoms with Crippen LogP contribution in [0.4, 0.5) is 4.39 Å². The Kier molecular flexibility index (Phi) is 18.7. The number of amides is 2. The zero-order valence-corrected chi connectivity index (χ0v) is 31.3. The third-order valence-corrected chi connectivity index (χ3v) is 8.82. The molecule has 2 amide bonds. The lowest BCUT2D eigenvalue weighted by molar-refractivity contribution is -0.138. The van der Waals surface area contributed by atoms with Crippen molar-refractivity contribution < 1.29 is 14.0 Å². The Morgan fingerprint density at radius 3 is 2.37 bits per heavy atom. The largest absolute Gasteiger partial charge is 0.372 e. The van der Waals surface area contributed by atoms with Crippen LogP contribution in [0.2, 0.25) is 0 Å². The summed E-state index contributed by atoms with van der Waals surface area (Å²) in [6, 6.07) is 11.0. The summed E-state index contributed by atoms with van der Waals surface area (Å²) in [5.74, 6) is 0.309. The summed E-state index contributed by atoms with van der Waals surface area (Å²) < 4.78 is 11.8. The quantitative estimate of drug-likeness (QED) is 0.102. The summed E-state index contributed by atoms with van der Waals surface area (Å²) in [5, 5.41) is 5.89. The maximum Gasteiger partial charge on any atom is 0.242 e. The summed E-state index contributed by atoms with van der Waals surface area (Å²) in [4.78, 5) is 33.3. The first-order chi connectivity index (χ1) is 23.6. The zero-order chi connectivity index (χ0) is 36.2. The Hall–Kier alpha value is -3.74. The highest BCUT2D eigenvalue weighted by atomic mass is 31.0. The van der Waals surface area contributed by atoms with Crippen LogP contribution in [0.1, 0.15) is 101 Å². The molecule has 266 valence electrons. The van der Waals surface area contributed by atoms with Crippen molar-refractivity contribution >= 4 is 32.5 Å². The van der Waals surface area contributed by atoms with Crippen LogP contribution >= 0.6 is 9.24 Å². The maximum absolute atomic E-state index is 13.7. The molecule has 1 saturated carbocycles. The minimum Gasteiger partial charge on any atom is -0.372 e. The number of carbonyl (C=O) groups excluding carboxylic acids is 2. The number of aromatic nitrogens is 2. The van der Waals surface area contributed by atoms with Crippen LogP contribution in [-0.2, 0) is 29.0 Å². The van der Waals surface area contributed by atoms with Crippen LogP contribution in [0.15, 0.2) is 84.9 Å². The smallest absolute Gasteiger partial charge is 0.242 e. The summed E-state index contributed by atoms with van der Waals surface area (Å²) in [6.07, 6.45) is 20.5. The highest BCUT2D eigenvalue weighted by Gasteiger charge is 2.39. The molecule has 3 aromatic rings. The monoisotopic (exact) mass is 689 g/mol. The number of carbonyl (C=O) groups is 2. The molecule has 2 atom stereocenters. The van der Waals surface area contributed by atoms with Gasteiger partial charge in [0.2, 0.25) is 12.3 Å². The number of nitrogens with zero attached hydrogens (tertiary/aromatic N) is 3. The van der Waals surface area contributed by atoms with Crippen LogP contribution < -0.4 is 11.1 Å². The molecule has 2 aromatic heterocycles. The van der Waals surface area contributed by atoms with Crippen LogP contribution in [0.25, 0.3) is 10.9 Å². The van der Waals surface area contributed by atoms with Crippen molar-refractivity contribution in [3.8, 4) is 0 Å². The second-order valence-corrected chi connectivity index (χ2v) is 13.4. The van der Waals surface area contributed by atoms with E-state index in [9.17, 15) is 9.18 Å². The lowest BCUT2D eigenvalue weighted by Gasteiger charge is -2.36. The van der Waals surface area contributed by atoms with E-state index in [2.05, 4.69) is 63.0 Å². The van der Waals surface area contributed by atoms with Gasteiger partial charge in [-0.25, -0.2) is 4.39 Å². The Morgan fingerprint density at radius 1 is 1.14 bits per heavy atom.